The lowest BCUT2D eigenvalue weighted by atomic mass is 10.9. The first-order valence-electron chi connectivity index (χ1n) is 1.86. The zero-order chi connectivity index (χ0) is 6.57. The minimum Gasteiger partial charge on any atom is -0.247 e. The SMILES string of the molecule is CO[P+](=O)OC(C)=O. The van der Waals surface area contributed by atoms with E-state index in [1.807, 2.05) is 0 Å². The van der Waals surface area contributed by atoms with Gasteiger partial charge in [-0.25, -0.2) is 4.79 Å². The van der Waals surface area contributed by atoms with E-state index >= 15 is 0 Å². The molecule has 1 unspecified atom stereocenters. The molecule has 0 aromatic rings. The van der Waals surface area contributed by atoms with Gasteiger partial charge in [0.25, 0.3) is 0 Å². The van der Waals surface area contributed by atoms with Crippen LogP contribution in [0.2, 0.25) is 0 Å². The standard InChI is InChI=1S/C3H6O4P/c1-3(4)7-8(5)6-2/h1-2H3/q+1. The maximum atomic E-state index is 10.1. The van der Waals surface area contributed by atoms with E-state index in [9.17, 15) is 9.36 Å². The summed E-state index contributed by atoms with van der Waals surface area (Å²) in [5.74, 6) is -0.604. The second kappa shape index (κ2) is 3.52. The predicted octanol–water partition coefficient (Wildman–Crippen LogP) is 0.853. The molecule has 0 aromatic carbocycles. The second-order valence-corrected chi connectivity index (χ2v) is 1.98. The van der Waals surface area contributed by atoms with Crippen LogP contribution in [0, 0.1) is 0 Å². The summed E-state index contributed by atoms with van der Waals surface area (Å²) in [7, 11) is -1.02. The minimum absolute atomic E-state index is 0.604. The van der Waals surface area contributed by atoms with Gasteiger partial charge in [-0.15, -0.1) is 4.52 Å². The highest BCUT2D eigenvalue weighted by Gasteiger charge is 2.19. The van der Waals surface area contributed by atoms with Gasteiger partial charge in [0, 0.05) is 11.5 Å². The Morgan fingerprint density at radius 1 is 1.62 bits per heavy atom. The lowest BCUT2D eigenvalue weighted by Gasteiger charge is -1.76. The quantitative estimate of drug-likeness (QED) is 0.529. The summed E-state index contributed by atoms with van der Waals surface area (Å²) in [6, 6.07) is 0. The van der Waals surface area contributed by atoms with E-state index in [1.54, 1.807) is 0 Å². The van der Waals surface area contributed by atoms with Gasteiger partial charge in [0.2, 0.25) is 0 Å². The summed E-state index contributed by atoms with van der Waals surface area (Å²) >= 11 is 0. The molecular weight excluding hydrogens is 131 g/mol. The van der Waals surface area contributed by atoms with Crippen LogP contribution in [0.1, 0.15) is 6.92 Å². The van der Waals surface area contributed by atoms with E-state index in [0.29, 0.717) is 0 Å². The molecule has 0 saturated heterocycles. The van der Waals surface area contributed by atoms with Crippen molar-refractivity contribution in [3.63, 3.8) is 0 Å². The molecule has 0 saturated carbocycles. The normalized spacial score (nSPS) is 10.5. The minimum atomic E-state index is -2.22. The molecule has 0 spiro atoms. The Labute approximate surface area is 47.7 Å². The Hall–Kier alpha value is -0.470. The fraction of sp³-hybridized carbons (Fsp3) is 0.667. The predicted molar refractivity (Wildman–Crippen MR) is 26.4 cm³/mol. The lowest BCUT2D eigenvalue weighted by Crippen LogP contribution is -1.88. The topological polar surface area (TPSA) is 52.6 Å². The molecule has 0 amide bonds. The molecule has 0 N–H and O–H groups in total. The third kappa shape index (κ3) is 3.71. The van der Waals surface area contributed by atoms with E-state index < -0.39 is 14.2 Å². The van der Waals surface area contributed by atoms with Crippen molar-refractivity contribution in [1.29, 1.82) is 0 Å². The van der Waals surface area contributed by atoms with Gasteiger partial charge in [-0.2, -0.15) is 4.52 Å². The fourth-order valence-corrected chi connectivity index (χ4v) is 0.427. The molecule has 0 aromatic heterocycles. The molecule has 0 fully saturated rings. The van der Waals surface area contributed by atoms with Crippen molar-refractivity contribution >= 4 is 14.2 Å². The van der Waals surface area contributed by atoms with Crippen molar-refractivity contribution in [3.05, 3.63) is 0 Å². The Morgan fingerprint density at radius 3 is 2.25 bits per heavy atom. The molecule has 0 aliphatic rings. The lowest BCUT2D eigenvalue weighted by molar-refractivity contribution is -0.131. The molecule has 0 rings (SSSR count). The molecule has 5 heteroatoms. The molecule has 4 nitrogen and oxygen atoms in total. The van der Waals surface area contributed by atoms with Crippen LogP contribution in [0.25, 0.3) is 0 Å². The summed E-state index contributed by atoms with van der Waals surface area (Å²) in [6.45, 7) is 1.16. The zero-order valence-corrected chi connectivity index (χ0v) is 5.47. The highest BCUT2D eigenvalue weighted by molar-refractivity contribution is 7.34. The van der Waals surface area contributed by atoms with Gasteiger partial charge in [-0.1, -0.05) is 0 Å². The smallest absolute Gasteiger partial charge is 0.247 e. The Bertz CT molecular complexity index is 110. The first kappa shape index (κ1) is 7.53. The maximum absolute atomic E-state index is 10.1. The average Bonchev–Trinajstić information content (AvgIpc) is 1.65. The van der Waals surface area contributed by atoms with E-state index in [4.69, 9.17) is 0 Å². The monoisotopic (exact) mass is 137 g/mol. The van der Waals surface area contributed by atoms with E-state index in [0.717, 1.165) is 6.92 Å². The molecule has 0 aliphatic heterocycles. The molecule has 0 heterocycles. The first-order chi connectivity index (χ1) is 3.66. The Balaban J connectivity index is 3.40. The summed E-state index contributed by atoms with van der Waals surface area (Å²) in [5.41, 5.74) is 0. The van der Waals surface area contributed by atoms with Crippen LogP contribution in [-0.2, 0) is 18.4 Å². The van der Waals surface area contributed by atoms with Crippen molar-refractivity contribution in [2.45, 2.75) is 6.92 Å². The molecule has 46 valence electrons. The number of hydrogen-bond acceptors (Lipinski definition) is 4. The van der Waals surface area contributed by atoms with Crippen LogP contribution >= 0.6 is 8.25 Å². The molecule has 0 aliphatic carbocycles. The van der Waals surface area contributed by atoms with Crippen molar-refractivity contribution in [3.8, 4) is 0 Å². The van der Waals surface area contributed by atoms with Crippen LogP contribution in [0.4, 0.5) is 0 Å². The summed E-state index contributed by atoms with van der Waals surface area (Å²) in [4.78, 5) is 9.93. The van der Waals surface area contributed by atoms with Gasteiger partial charge < -0.3 is 0 Å². The Morgan fingerprint density at radius 2 is 2.12 bits per heavy atom. The summed E-state index contributed by atoms with van der Waals surface area (Å²) in [5, 5.41) is 0. The van der Waals surface area contributed by atoms with Crippen molar-refractivity contribution < 1.29 is 18.4 Å². The van der Waals surface area contributed by atoms with Gasteiger partial charge in [0.1, 0.15) is 0 Å². The Kier molecular flexibility index (Phi) is 3.31. The van der Waals surface area contributed by atoms with Crippen molar-refractivity contribution in [2.24, 2.45) is 0 Å². The fourth-order valence-electron chi connectivity index (χ4n) is 0.142. The van der Waals surface area contributed by atoms with Crippen LogP contribution < -0.4 is 0 Å². The van der Waals surface area contributed by atoms with Crippen LogP contribution in [0.15, 0.2) is 0 Å². The van der Waals surface area contributed by atoms with Gasteiger partial charge in [0.05, 0.1) is 7.11 Å². The van der Waals surface area contributed by atoms with Gasteiger partial charge in [0.15, 0.2) is 0 Å². The van der Waals surface area contributed by atoms with E-state index in [1.165, 1.54) is 7.11 Å². The largest absolute Gasteiger partial charge is 0.752 e. The van der Waals surface area contributed by atoms with E-state index in [-0.39, 0.29) is 0 Å². The van der Waals surface area contributed by atoms with Crippen molar-refractivity contribution in [1.82, 2.24) is 0 Å². The summed E-state index contributed by atoms with van der Waals surface area (Å²) in [6.07, 6.45) is 0. The number of hydrogen-bond donors (Lipinski definition) is 0. The molecule has 8 heavy (non-hydrogen) atoms. The van der Waals surface area contributed by atoms with Gasteiger partial charge in [-0.3, -0.25) is 0 Å². The van der Waals surface area contributed by atoms with Gasteiger partial charge in [-0.05, 0) is 0 Å². The highest BCUT2D eigenvalue weighted by atomic mass is 31.1. The van der Waals surface area contributed by atoms with Crippen molar-refractivity contribution in [2.75, 3.05) is 7.11 Å². The molecule has 0 radical (unpaired) electrons. The molecular formula is C3H6O4P+. The number of rotatable bonds is 2. The zero-order valence-electron chi connectivity index (χ0n) is 4.58. The third-order valence-corrected chi connectivity index (χ3v) is 1.06. The van der Waals surface area contributed by atoms with Gasteiger partial charge >= 0.3 is 14.2 Å². The average molecular weight is 137 g/mol. The first-order valence-corrected chi connectivity index (χ1v) is 2.96. The highest BCUT2D eigenvalue weighted by Crippen LogP contribution is 2.20. The number of carbonyl (C=O) groups is 1. The summed E-state index contributed by atoms with van der Waals surface area (Å²) < 4.78 is 18.3. The second-order valence-electron chi connectivity index (χ2n) is 0.989. The number of carbonyl (C=O) groups excluding carboxylic acids is 1. The third-order valence-electron chi connectivity index (χ3n) is 0.352. The van der Waals surface area contributed by atoms with E-state index in [2.05, 4.69) is 9.05 Å². The maximum Gasteiger partial charge on any atom is 0.752 e. The van der Waals surface area contributed by atoms with Crippen LogP contribution in [0.3, 0.4) is 0 Å². The molecule has 0 bridgehead atoms. The van der Waals surface area contributed by atoms with Crippen LogP contribution in [0.5, 0.6) is 0 Å². The van der Waals surface area contributed by atoms with Crippen LogP contribution in [-0.4, -0.2) is 13.1 Å². The molecule has 1 atom stereocenters.